The van der Waals surface area contributed by atoms with E-state index in [1.165, 1.54) is 0 Å². The van der Waals surface area contributed by atoms with Gasteiger partial charge in [0.1, 0.15) is 5.71 Å². The Hall–Kier alpha value is -13.3. The molecule has 0 bridgehead atoms. The summed E-state index contributed by atoms with van der Waals surface area (Å²) in [5.41, 5.74) is 11.2. The van der Waals surface area contributed by atoms with Crippen molar-refractivity contribution in [1.29, 1.82) is 0 Å². The first-order valence-electron chi connectivity index (χ1n) is 48.1. The van der Waals surface area contributed by atoms with Gasteiger partial charge in [-0.15, -0.1) is 0 Å². The lowest BCUT2D eigenvalue weighted by atomic mass is 9.89. The Bertz CT molecular complexity index is 6430. The first kappa shape index (κ1) is 89.6. The minimum Gasteiger partial charge on any atom is -0.451 e. The van der Waals surface area contributed by atoms with Gasteiger partial charge in [-0.25, -0.2) is 0 Å². The largest absolute Gasteiger partial charge is 0.451 e. The number of hydrogen-bond acceptors (Lipinski definition) is 22. The standard InChI is InChI=1S/C27H34N6O3.C27H32N6O3.C26H25N3O3.C23H27N5O3/c2*1-18(2)32-8-4-22(17-32)33-16-20(13-30-33)26(35)31-9-5-27(6-10-31)12-21(27)14-29-25(34)23-11-19-3-7-28-15-24(19)36-23;30-21(22-13-17-7-10-27-16-23(17)32-22)6-5-19-14-26(19)8-11-29(12-9-26)25(31)24-20-4-2-1-3-18(20)15-28-24;1-14-20(15(2)27(3)26-14)22(30)28-8-5-23(6-9-28)11-17(23)12-25-21(29)18-10-16-4-7-24-13-19(16)31-18/h3,7,11,13,15-16,18,21-22H,4-6,8-10,12,14,17H2,1-2H3,(H,29,34);3,7,11,13,15-16,21-22H,1,4-6,8-10,12,14,17H2,2H3,(H,29,34);1-4,7,10,13,16,19H,5-6,8-9,11-12,14-15H2;4,7,10,13,17H,5-6,8-9,11-12H2,1-3H3,(H,25,29). The number of allylic oxidation sites excluding steroid dienone is 1. The van der Waals surface area contributed by atoms with Crippen LogP contribution in [0.25, 0.3) is 43.9 Å². The fourth-order valence-corrected chi connectivity index (χ4v) is 22.6. The SMILES string of the molecule is C=C(C)N1CCC(n2cc(C(=O)N3CCC4(CC3)CC4CNC(=O)c3cc4ccncc4o3)cn2)C1.CC(C)N1CCC(n2cc(C(=O)N3CCC4(CC3)CC4CNC(=O)c3cc4ccncc4o3)cn2)C1.Cc1nn(C)c(C)c1C(=O)N1CCC2(CC1)CC2CNC(=O)c1cc2ccncc2o1.O=C(CCC1CC12CCN(C(=O)C1=NCc3ccccc31)CC2)c1cc2ccncc2o1. The number of carbonyl (C=O) groups excluding carboxylic acids is 8. The molecule has 7 amide bonds. The van der Waals surface area contributed by atoms with Crippen LogP contribution in [0, 0.1) is 59.2 Å². The summed E-state index contributed by atoms with van der Waals surface area (Å²) in [7, 11) is 1.87. The van der Waals surface area contributed by atoms with E-state index in [4.69, 9.17) is 17.7 Å². The number of nitrogens with one attached hydrogen (secondary N) is 3. The molecule has 32 heteroatoms. The van der Waals surface area contributed by atoms with Crippen molar-refractivity contribution in [2.45, 2.75) is 162 Å². The highest BCUT2D eigenvalue weighted by Gasteiger charge is 2.59. The van der Waals surface area contributed by atoms with Crippen LogP contribution in [-0.2, 0) is 18.4 Å². The summed E-state index contributed by atoms with van der Waals surface area (Å²) in [5, 5.41) is 26.1. The van der Waals surface area contributed by atoms with Crippen LogP contribution >= 0.6 is 0 Å². The number of likely N-dealkylation sites (tertiary alicyclic amines) is 6. The molecule has 11 aromatic heterocycles. The molecular formula is C103H118N20O12. The van der Waals surface area contributed by atoms with E-state index in [1.807, 2.05) is 124 Å². The first-order valence-corrected chi connectivity index (χ1v) is 48.1. The molecule has 1 aromatic carbocycles. The van der Waals surface area contributed by atoms with Crippen molar-refractivity contribution in [2.75, 3.05) is 98.2 Å². The third-order valence-corrected chi connectivity index (χ3v) is 31.8. The molecule has 7 aliphatic heterocycles. The van der Waals surface area contributed by atoms with Crippen molar-refractivity contribution in [2.24, 2.45) is 57.4 Å². The van der Waals surface area contributed by atoms with Crippen LogP contribution in [0.4, 0.5) is 0 Å². The third-order valence-electron chi connectivity index (χ3n) is 31.8. The maximum atomic E-state index is 13.1. The molecule has 6 unspecified atom stereocenters. The zero-order valence-electron chi connectivity index (χ0n) is 77.7. The summed E-state index contributed by atoms with van der Waals surface area (Å²) < 4.78 is 28.2. The molecule has 6 atom stereocenters. The molecule has 702 valence electrons. The first-order chi connectivity index (χ1) is 65.3. The Balaban J connectivity index is 0.000000112. The Morgan fingerprint density at radius 2 is 0.874 bits per heavy atom. The normalized spacial score (nSPS) is 21.9. The molecular weight excluding hydrogens is 1710 g/mol. The molecule has 18 heterocycles. The van der Waals surface area contributed by atoms with E-state index in [0.717, 1.165) is 230 Å². The number of hydrogen-bond donors (Lipinski definition) is 3. The molecule has 23 rings (SSSR count). The fraction of sp³-hybridized carbons (Fsp3) is 0.476. The predicted molar refractivity (Wildman–Crippen MR) is 504 cm³/mol. The second kappa shape index (κ2) is 36.9. The number of aliphatic imine (C=N–C) groups is 1. The van der Waals surface area contributed by atoms with Crippen molar-refractivity contribution in [1.82, 2.24) is 94.6 Å². The van der Waals surface area contributed by atoms with E-state index in [9.17, 15) is 38.4 Å². The topological polar surface area (TPSA) is 362 Å². The van der Waals surface area contributed by atoms with E-state index in [2.05, 4.69) is 86.4 Å². The van der Waals surface area contributed by atoms with Crippen molar-refractivity contribution in [3.05, 3.63) is 222 Å². The van der Waals surface area contributed by atoms with Gasteiger partial charge in [-0.05, 0) is 230 Å². The minimum absolute atomic E-state index is 0.0637. The summed E-state index contributed by atoms with van der Waals surface area (Å²) in [4.78, 5) is 136. The zero-order chi connectivity index (χ0) is 93.2. The highest BCUT2D eigenvalue weighted by molar-refractivity contribution is 6.46. The average Bonchev–Trinajstić information content (AvgIpc) is 1.60. The smallest absolute Gasteiger partial charge is 0.287 e. The van der Waals surface area contributed by atoms with Crippen LogP contribution in [-0.4, -0.2) is 236 Å². The van der Waals surface area contributed by atoms with Crippen LogP contribution < -0.4 is 16.0 Å². The molecule has 32 nitrogen and oxygen atoms in total. The van der Waals surface area contributed by atoms with E-state index < -0.39 is 0 Å². The lowest BCUT2D eigenvalue weighted by molar-refractivity contribution is -0.125. The minimum atomic E-state index is -0.188. The van der Waals surface area contributed by atoms with Gasteiger partial charge < -0.3 is 58.1 Å². The second-order valence-electron chi connectivity index (χ2n) is 40.0. The number of aryl methyl sites for hydroxylation is 2. The van der Waals surface area contributed by atoms with Gasteiger partial charge in [0.25, 0.3) is 41.4 Å². The monoisotopic (exact) mass is 1830 g/mol. The van der Waals surface area contributed by atoms with Crippen molar-refractivity contribution >= 4 is 96.7 Å². The highest BCUT2D eigenvalue weighted by Crippen LogP contribution is 2.63. The molecule has 4 saturated carbocycles. The number of benzene rings is 1. The van der Waals surface area contributed by atoms with Crippen LogP contribution in [0.15, 0.2) is 182 Å². The Morgan fingerprint density at radius 1 is 0.474 bits per heavy atom. The number of amides is 7. The number of carbonyl (C=O) groups is 8. The Labute approximate surface area is 782 Å². The maximum absolute atomic E-state index is 13.1. The van der Waals surface area contributed by atoms with E-state index >= 15 is 0 Å². The third kappa shape index (κ3) is 18.6. The van der Waals surface area contributed by atoms with E-state index in [1.54, 1.807) is 84.8 Å². The fourth-order valence-electron chi connectivity index (χ4n) is 22.6. The van der Waals surface area contributed by atoms with E-state index in [-0.39, 0.29) is 69.4 Å². The van der Waals surface area contributed by atoms with Gasteiger partial charge in [0.2, 0.25) is 0 Å². The number of fused-ring (bicyclic) bond motifs is 5. The predicted octanol–water partition coefficient (Wildman–Crippen LogP) is 14.1. The van der Waals surface area contributed by atoms with Crippen molar-refractivity contribution in [3.63, 3.8) is 0 Å². The Morgan fingerprint density at radius 3 is 1.29 bits per heavy atom. The van der Waals surface area contributed by atoms with Crippen LogP contribution in [0.2, 0.25) is 0 Å². The zero-order valence-corrected chi connectivity index (χ0v) is 77.7. The van der Waals surface area contributed by atoms with E-state index in [0.29, 0.717) is 136 Å². The van der Waals surface area contributed by atoms with Gasteiger partial charge in [-0.3, -0.25) is 82.2 Å². The van der Waals surface area contributed by atoms with Gasteiger partial charge in [-0.1, -0.05) is 30.8 Å². The molecule has 3 N–H and O–H groups in total. The summed E-state index contributed by atoms with van der Waals surface area (Å²) >= 11 is 0. The molecule has 4 spiro atoms. The van der Waals surface area contributed by atoms with Crippen molar-refractivity contribution in [3.8, 4) is 0 Å². The average molecular weight is 1830 g/mol. The molecule has 10 fully saturated rings. The molecule has 0 radical (unpaired) electrons. The van der Waals surface area contributed by atoms with Crippen LogP contribution in [0.1, 0.15) is 231 Å². The summed E-state index contributed by atoms with van der Waals surface area (Å²) in [6.45, 7) is 26.9. The number of pyridine rings is 4. The number of rotatable bonds is 21. The number of aromatic nitrogens is 10. The Kier molecular flexibility index (Phi) is 24.5. The number of ketones is 1. The van der Waals surface area contributed by atoms with Gasteiger partial charge in [0, 0.05) is 193 Å². The van der Waals surface area contributed by atoms with Gasteiger partial charge in [0.15, 0.2) is 51.2 Å². The van der Waals surface area contributed by atoms with Gasteiger partial charge >= 0.3 is 0 Å². The molecule has 11 aliphatic rings. The van der Waals surface area contributed by atoms with Gasteiger partial charge in [-0.2, -0.15) is 15.3 Å². The van der Waals surface area contributed by atoms with Crippen LogP contribution in [0.3, 0.4) is 0 Å². The number of piperidine rings is 4. The molecule has 135 heavy (non-hydrogen) atoms. The maximum Gasteiger partial charge on any atom is 0.287 e. The molecule has 4 aliphatic carbocycles. The summed E-state index contributed by atoms with van der Waals surface area (Å²) in [5.74, 6) is 3.13. The van der Waals surface area contributed by atoms with Crippen molar-refractivity contribution < 1.29 is 56.0 Å². The number of Topliss-reactive ketones (excluding diaryl/α,β-unsaturated/α-hetero) is 1. The second-order valence-corrected chi connectivity index (χ2v) is 40.0. The molecule has 6 saturated heterocycles. The van der Waals surface area contributed by atoms with Crippen LogP contribution in [0.5, 0.6) is 0 Å². The summed E-state index contributed by atoms with van der Waals surface area (Å²) in [6.07, 6.45) is 36.4. The number of furan rings is 4. The quantitative estimate of drug-likeness (QED) is 0.0562. The summed E-state index contributed by atoms with van der Waals surface area (Å²) in [6, 6.07) is 23.6. The van der Waals surface area contributed by atoms with Gasteiger partial charge in [0.05, 0.1) is 78.2 Å². The lowest BCUT2D eigenvalue weighted by Gasteiger charge is -2.33. The molecule has 12 aromatic rings. The lowest BCUT2D eigenvalue weighted by Crippen LogP contribution is -2.43. The highest BCUT2D eigenvalue weighted by atomic mass is 16.4. The number of nitrogens with zero attached hydrogens (tertiary/aromatic N) is 17.